The maximum Gasteiger partial charge on any atom is 0.147 e. The van der Waals surface area contributed by atoms with Crippen molar-refractivity contribution in [2.75, 3.05) is 17.7 Å². The van der Waals surface area contributed by atoms with E-state index in [2.05, 4.69) is 33.4 Å². The van der Waals surface area contributed by atoms with Gasteiger partial charge < -0.3 is 10.6 Å². The van der Waals surface area contributed by atoms with Gasteiger partial charge in [0.1, 0.15) is 10.8 Å². The van der Waals surface area contributed by atoms with E-state index in [0.717, 1.165) is 22.7 Å². The minimum Gasteiger partial charge on any atom is -0.382 e. The molecule has 0 saturated carbocycles. The molecule has 0 aliphatic carbocycles. The molecule has 2 N–H and O–H groups in total. The van der Waals surface area contributed by atoms with Crippen LogP contribution in [0.5, 0.6) is 0 Å². The van der Waals surface area contributed by atoms with Crippen molar-refractivity contribution in [1.82, 2.24) is 9.36 Å². The summed E-state index contributed by atoms with van der Waals surface area (Å²) in [4.78, 5) is 6.34. The summed E-state index contributed by atoms with van der Waals surface area (Å²) in [5.74, 6) is 0.558. The topological polar surface area (TPSA) is 55.0 Å². The van der Waals surface area contributed by atoms with Gasteiger partial charge in [0.25, 0.3) is 0 Å². The van der Waals surface area contributed by atoms with Crippen molar-refractivity contribution >= 4 is 22.4 Å². The number of pyridine rings is 1. The van der Waals surface area contributed by atoms with E-state index in [1.54, 1.807) is 6.20 Å². The number of nitrogens with two attached hydrogens (primary N) is 1. The fourth-order valence-electron chi connectivity index (χ4n) is 2.26. The van der Waals surface area contributed by atoms with Crippen molar-refractivity contribution in [2.24, 2.45) is 0 Å². The van der Waals surface area contributed by atoms with Gasteiger partial charge in [0.15, 0.2) is 0 Å². The highest BCUT2D eigenvalue weighted by atomic mass is 32.1. The van der Waals surface area contributed by atoms with Gasteiger partial charge in [0, 0.05) is 31.5 Å². The van der Waals surface area contributed by atoms with E-state index in [-0.39, 0.29) is 0 Å². The highest BCUT2D eigenvalue weighted by molar-refractivity contribution is 7.11. The lowest BCUT2D eigenvalue weighted by Gasteiger charge is -2.18. The molecule has 0 aliphatic heterocycles. The molecule has 0 aliphatic rings. The lowest BCUT2D eigenvalue weighted by atomic mass is 10.1. The molecule has 2 heterocycles. The van der Waals surface area contributed by atoms with Crippen LogP contribution in [0.2, 0.25) is 0 Å². The first kappa shape index (κ1) is 13.6. The lowest BCUT2D eigenvalue weighted by Crippen LogP contribution is -2.15. The van der Waals surface area contributed by atoms with Gasteiger partial charge in [-0.25, -0.2) is 0 Å². The first-order valence-corrected chi connectivity index (χ1v) is 7.43. The Morgan fingerprint density at radius 1 is 1.14 bits per heavy atom. The lowest BCUT2D eigenvalue weighted by molar-refractivity contribution is 0.936. The second-order valence-corrected chi connectivity index (χ2v) is 5.58. The van der Waals surface area contributed by atoms with E-state index in [1.165, 1.54) is 17.1 Å². The molecule has 2 aromatic heterocycles. The Morgan fingerprint density at radius 2 is 1.95 bits per heavy atom. The standard InChI is InChI=1S/C16H16N4S/c1-20(11-12-6-3-2-4-7-12)16-14(15(17)19-21-16)13-8-5-9-18-10-13/h2-10H,11H2,1H3,(H2,17,19). The SMILES string of the molecule is CN(Cc1ccccc1)c1snc(N)c1-c1cccnc1. The van der Waals surface area contributed by atoms with Crippen LogP contribution in [-0.4, -0.2) is 16.4 Å². The number of nitrogen functional groups attached to an aromatic ring is 1. The molecule has 0 bridgehead atoms. The molecule has 5 heteroatoms. The maximum atomic E-state index is 6.05. The first-order chi connectivity index (χ1) is 10.3. The average molecular weight is 296 g/mol. The number of benzene rings is 1. The molecular weight excluding hydrogens is 280 g/mol. The van der Waals surface area contributed by atoms with E-state index in [4.69, 9.17) is 5.73 Å². The summed E-state index contributed by atoms with van der Waals surface area (Å²) in [7, 11) is 2.06. The number of anilines is 2. The minimum absolute atomic E-state index is 0.558. The molecule has 106 valence electrons. The third-order valence-electron chi connectivity index (χ3n) is 3.26. The van der Waals surface area contributed by atoms with Crippen LogP contribution < -0.4 is 10.6 Å². The van der Waals surface area contributed by atoms with Crippen LogP contribution in [0.25, 0.3) is 11.1 Å². The molecule has 0 radical (unpaired) electrons. The summed E-state index contributed by atoms with van der Waals surface area (Å²) in [5, 5.41) is 1.06. The Hall–Kier alpha value is -2.40. The number of hydrogen-bond donors (Lipinski definition) is 1. The summed E-state index contributed by atoms with van der Waals surface area (Å²) in [5.41, 5.74) is 9.27. The Bertz CT molecular complexity index is 710. The van der Waals surface area contributed by atoms with Gasteiger partial charge in [-0.05, 0) is 23.2 Å². The quantitative estimate of drug-likeness (QED) is 0.801. The second kappa shape index (κ2) is 5.93. The first-order valence-electron chi connectivity index (χ1n) is 6.66. The predicted octanol–water partition coefficient (Wildman–Crippen LogP) is 3.42. The van der Waals surface area contributed by atoms with Crippen LogP contribution in [0, 0.1) is 0 Å². The Morgan fingerprint density at radius 3 is 2.67 bits per heavy atom. The summed E-state index contributed by atoms with van der Waals surface area (Å²) >= 11 is 1.42. The van der Waals surface area contributed by atoms with Crippen molar-refractivity contribution < 1.29 is 0 Å². The van der Waals surface area contributed by atoms with Crippen molar-refractivity contribution in [1.29, 1.82) is 0 Å². The molecule has 0 saturated heterocycles. The summed E-state index contributed by atoms with van der Waals surface area (Å²) in [6, 6.07) is 14.3. The number of aromatic nitrogens is 2. The highest BCUT2D eigenvalue weighted by Gasteiger charge is 2.17. The molecule has 0 unspecified atom stereocenters. The van der Waals surface area contributed by atoms with Crippen LogP contribution in [0.4, 0.5) is 10.8 Å². The van der Waals surface area contributed by atoms with Gasteiger partial charge in [0.05, 0.1) is 5.56 Å². The predicted molar refractivity (Wildman–Crippen MR) is 88.3 cm³/mol. The third-order valence-corrected chi connectivity index (χ3v) is 4.24. The normalized spacial score (nSPS) is 10.5. The van der Waals surface area contributed by atoms with Crippen molar-refractivity contribution in [2.45, 2.75) is 6.54 Å². The zero-order valence-electron chi connectivity index (χ0n) is 11.7. The van der Waals surface area contributed by atoms with Crippen LogP contribution in [0.15, 0.2) is 54.9 Å². The molecule has 0 spiro atoms. The van der Waals surface area contributed by atoms with Crippen molar-refractivity contribution in [3.63, 3.8) is 0 Å². The molecule has 0 fully saturated rings. The molecule has 21 heavy (non-hydrogen) atoms. The zero-order chi connectivity index (χ0) is 14.7. The van der Waals surface area contributed by atoms with Crippen LogP contribution in [0.1, 0.15) is 5.56 Å². The fourth-order valence-corrected chi connectivity index (χ4v) is 3.06. The second-order valence-electron chi connectivity index (χ2n) is 4.83. The monoisotopic (exact) mass is 296 g/mol. The van der Waals surface area contributed by atoms with Crippen LogP contribution in [-0.2, 0) is 6.54 Å². The highest BCUT2D eigenvalue weighted by Crippen LogP contribution is 2.38. The molecular formula is C16H16N4S. The molecule has 0 atom stereocenters. The Labute approximate surface area is 128 Å². The smallest absolute Gasteiger partial charge is 0.147 e. The molecule has 4 nitrogen and oxygen atoms in total. The average Bonchev–Trinajstić information content (AvgIpc) is 2.91. The Balaban J connectivity index is 1.93. The van der Waals surface area contributed by atoms with Gasteiger partial charge in [-0.1, -0.05) is 36.4 Å². The van der Waals surface area contributed by atoms with Crippen LogP contribution >= 0.6 is 11.5 Å². The van der Waals surface area contributed by atoms with Crippen molar-refractivity contribution in [3.05, 3.63) is 60.4 Å². The van der Waals surface area contributed by atoms with E-state index in [0.29, 0.717) is 5.82 Å². The number of rotatable bonds is 4. The molecule has 3 rings (SSSR count). The minimum atomic E-state index is 0.558. The maximum absolute atomic E-state index is 6.05. The van der Waals surface area contributed by atoms with Gasteiger partial charge >= 0.3 is 0 Å². The van der Waals surface area contributed by atoms with Gasteiger partial charge in [0.2, 0.25) is 0 Å². The molecule has 0 amide bonds. The fraction of sp³-hybridized carbons (Fsp3) is 0.125. The largest absolute Gasteiger partial charge is 0.382 e. The Kier molecular flexibility index (Phi) is 3.83. The number of hydrogen-bond acceptors (Lipinski definition) is 5. The van der Waals surface area contributed by atoms with Gasteiger partial charge in [-0.2, -0.15) is 4.37 Å². The van der Waals surface area contributed by atoms with Gasteiger partial charge in [-0.15, -0.1) is 0 Å². The summed E-state index contributed by atoms with van der Waals surface area (Å²) < 4.78 is 4.31. The van der Waals surface area contributed by atoms with E-state index in [9.17, 15) is 0 Å². The zero-order valence-corrected chi connectivity index (χ0v) is 12.5. The summed E-state index contributed by atoms with van der Waals surface area (Å²) in [6.45, 7) is 0.815. The van der Waals surface area contributed by atoms with Gasteiger partial charge in [-0.3, -0.25) is 4.98 Å². The third kappa shape index (κ3) is 2.87. The summed E-state index contributed by atoms with van der Waals surface area (Å²) in [6.07, 6.45) is 3.58. The molecule has 1 aromatic carbocycles. The van der Waals surface area contributed by atoms with Crippen LogP contribution in [0.3, 0.4) is 0 Å². The number of nitrogens with zero attached hydrogens (tertiary/aromatic N) is 3. The van der Waals surface area contributed by atoms with Crippen molar-refractivity contribution in [3.8, 4) is 11.1 Å². The van der Waals surface area contributed by atoms with E-state index in [1.807, 2.05) is 36.5 Å². The van der Waals surface area contributed by atoms with E-state index < -0.39 is 0 Å². The van der Waals surface area contributed by atoms with E-state index >= 15 is 0 Å². The molecule has 3 aromatic rings.